The number of benzene rings is 1. The van der Waals surface area contributed by atoms with Crippen molar-refractivity contribution in [1.29, 1.82) is 0 Å². The molecular formula is C6H6NNaO5S. The molecule has 0 aliphatic carbocycles. The third-order valence-corrected chi connectivity index (χ3v) is 2.24. The first-order chi connectivity index (χ1) is 5.93. The maximum atomic E-state index is 10.6. The normalized spacial score (nSPS) is 10.4. The number of hydrogen-bond donors (Lipinski definition) is 1. The van der Waals surface area contributed by atoms with Gasteiger partial charge in [-0.1, -0.05) is 12.1 Å². The standard InChI is InChI=1S/C6H5NO5S.Na.H/c8-7(9)5-3-1-2-4-6(5)13(10,11)12;;/h1-4H,(H,10,11,12);;/q;+1;-1. The smallest absolute Gasteiger partial charge is 1.00 e. The minimum absolute atomic E-state index is 0. The molecule has 0 spiro atoms. The van der Waals surface area contributed by atoms with Crippen molar-refractivity contribution in [3.05, 3.63) is 34.4 Å². The molecule has 0 saturated carbocycles. The molecule has 0 fully saturated rings. The first-order valence-electron chi connectivity index (χ1n) is 3.14. The Hall–Kier alpha value is -0.470. The Bertz CT molecular complexity index is 449. The molecule has 0 aromatic heterocycles. The Kier molecular flexibility index (Phi) is 4.69. The topological polar surface area (TPSA) is 97.5 Å². The van der Waals surface area contributed by atoms with E-state index in [1.807, 2.05) is 0 Å². The summed E-state index contributed by atoms with van der Waals surface area (Å²) in [4.78, 5) is 8.73. The molecular weight excluding hydrogens is 221 g/mol. The second-order valence-corrected chi connectivity index (χ2v) is 3.59. The van der Waals surface area contributed by atoms with Crippen LogP contribution in [0.1, 0.15) is 1.43 Å². The van der Waals surface area contributed by atoms with Crippen LogP contribution in [0.25, 0.3) is 0 Å². The van der Waals surface area contributed by atoms with E-state index < -0.39 is 25.6 Å². The second kappa shape index (κ2) is 4.85. The zero-order chi connectivity index (χ0) is 10.1. The average molecular weight is 227 g/mol. The molecule has 6 nitrogen and oxygen atoms in total. The average Bonchev–Trinajstić information content (AvgIpc) is 2.03. The van der Waals surface area contributed by atoms with E-state index in [4.69, 9.17) is 4.55 Å². The van der Waals surface area contributed by atoms with E-state index in [-0.39, 0.29) is 31.0 Å². The van der Waals surface area contributed by atoms with E-state index in [1.165, 1.54) is 12.1 Å². The van der Waals surface area contributed by atoms with Gasteiger partial charge in [0.05, 0.1) is 4.92 Å². The van der Waals surface area contributed by atoms with Gasteiger partial charge in [-0.15, -0.1) is 0 Å². The van der Waals surface area contributed by atoms with Gasteiger partial charge in [-0.2, -0.15) is 8.42 Å². The number of para-hydroxylation sites is 1. The molecule has 8 heteroatoms. The van der Waals surface area contributed by atoms with Gasteiger partial charge in [0.25, 0.3) is 5.69 Å². The predicted molar refractivity (Wildman–Crippen MR) is 44.0 cm³/mol. The predicted octanol–water partition coefficient (Wildman–Crippen LogP) is -2.04. The Morgan fingerprint density at radius 3 is 2.21 bits per heavy atom. The van der Waals surface area contributed by atoms with Crippen molar-refractivity contribution in [2.24, 2.45) is 0 Å². The molecule has 0 heterocycles. The van der Waals surface area contributed by atoms with Crippen molar-refractivity contribution in [1.82, 2.24) is 0 Å². The largest absolute Gasteiger partial charge is 1.00 e. The van der Waals surface area contributed by atoms with Gasteiger partial charge in [0.2, 0.25) is 0 Å². The van der Waals surface area contributed by atoms with Crippen LogP contribution in [0, 0.1) is 10.1 Å². The summed E-state index contributed by atoms with van der Waals surface area (Å²) in [5.41, 5.74) is -0.634. The molecule has 0 radical (unpaired) electrons. The summed E-state index contributed by atoms with van der Waals surface area (Å²) in [6.45, 7) is 0. The number of nitro groups is 1. The van der Waals surface area contributed by atoms with Crippen LogP contribution in [0.2, 0.25) is 0 Å². The molecule has 0 aliphatic heterocycles. The van der Waals surface area contributed by atoms with Gasteiger partial charge >= 0.3 is 39.7 Å². The molecule has 1 rings (SSSR count). The van der Waals surface area contributed by atoms with Crippen molar-refractivity contribution >= 4 is 15.8 Å². The Labute approximate surface area is 104 Å². The molecule has 1 aromatic carbocycles. The fourth-order valence-corrected chi connectivity index (χ4v) is 1.48. The van der Waals surface area contributed by atoms with Crippen molar-refractivity contribution < 1.29 is 48.9 Å². The first-order valence-corrected chi connectivity index (χ1v) is 4.58. The van der Waals surface area contributed by atoms with E-state index in [2.05, 4.69) is 0 Å². The first kappa shape index (κ1) is 13.5. The number of rotatable bonds is 2. The minimum Gasteiger partial charge on any atom is -1.00 e. The fourth-order valence-electron chi connectivity index (χ4n) is 0.826. The van der Waals surface area contributed by atoms with E-state index in [0.717, 1.165) is 12.1 Å². The maximum absolute atomic E-state index is 10.6. The molecule has 0 aliphatic rings. The molecule has 0 amide bonds. The van der Waals surface area contributed by atoms with Gasteiger partial charge in [-0.3, -0.25) is 14.7 Å². The Morgan fingerprint density at radius 2 is 1.86 bits per heavy atom. The number of nitrogens with zero attached hydrogens (tertiary/aromatic N) is 1. The van der Waals surface area contributed by atoms with Gasteiger partial charge in [-0.05, 0) is 6.07 Å². The third kappa shape index (κ3) is 3.03. The quantitative estimate of drug-likeness (QED) is 0.271. The molecule has 14 heavy (non-hydrogen) atoms. The Morgan fingerprint density at radius 1 is 1.36 bits per heavy atom. The summed E-state index contributed by atoms with van der Waals surface area (Å²) in [7, 11) is -4.52. The molecule has 0 atom stereocenters. The van der Waals surface area contributed by atoms with Crippen LogP contribution >= 0.6 is 0 Å². The summed E-state index contributed by atoms with van der Waals surface area (Å²) >= 11 is 0. The van der Waals surface area contributed by atoms with Crippen molar-refractivity contribution in [3.63, 3.8) is 0 Å². The van der Waals surface area contributed by atoms with Crippen molar-refractivity contribution in [2.45, 2.75) is 4.90 Å². The molecule has 1 N–H and O–H groups in total. The van der Waals surface area contributed by atoms with Gasteiger partial charge in [0, 0.05) is 6.07 Å². The molecule has 1 aromatic rings. The van der Waals surface area contributed by atoms with Crippen LogP contribution in [-0.2, 0) is 10.1 Å². The summed E-state index contributed by atoms with van der Waals surface area (Å²) in [5, 5.41) is 10.3. The van der Waals surface area contributed by atoms with Gasteiger partial charge in [-0.25, -0.2) is 0 Å². The molecule has 72 valence electrons. The number of hydrogen-bond acceptors (Lipinski definition) is 4. The van der Waals surface area contributed by atoms with Crippen LogP contribution in [0.5, 0.6) is 0 Å². The molecule has 0 unspecified atom stereocenters. The van der Waals surface area contributed by atoms with Crippen LogP contribution in [0.15, 0.2) is 29.2 Å². The molecule has 0 saturated heterocycles. The van der Waals surface area contributed by atoms with Gasteiger partial charge in [0.15, 0.2) is 4.90 Å². The van der Waals surface area contributed by atoms with Crippen molar-refractivity contribution in [2.75, 3.05) is 0 Å². The summed E-state index contributed by atoms with van der Waals surface area (Å²) in [6.07, 6.45) is 0. The fraction of sp³-hybridized carbons (Fsp3) is 0. The monoisotopic (exact) mass is 227 g/mol. The van der Waals surface area contributed by atoms with Crippen LogP contribution in [0.3, 0.4) is 0 Å². The van der Waals surface area contributed by atoms with Crippen LogP contribution in [-0.4, -0.2) is 17.9 Å². The SMILES string of the molecule is O=[N+]([O-])c1ccccc1S(=O)(=O)O.[H-].[Na+]. The van der Waals surface area contributed by atoms with Crippen LogP contribution < -0.4 is 29.6 Å². The number of nitro benzene ring substituents is 1. The Balaban J connectivity index is 0. The van der Waals surface area contributed by atoms with Crippen molar-refractivity contribution in [3.8, 4) is 0 Å². The summed E-state index contributed by atoms with van der Waals surface area (Å²) in [6, 6.07) is 4.57. The van der Waals surface area contributed by atoms with E-state index in [0.29, 0.717) is 0 Å². The van der Waals surface area contributed by atoms with Gasteiger partial charge in [0.1, 0.15) is 0 Å². The van der Waals surface area contributed by atoms with E-state index in [9.17, 15) is 18.5 Å². The molecule has 0 bridgehead atoms. The van der Waals surface area contributed by atoms with Crippen LogP contribution in [0.4, 0.5) is 5.69 Å². The van der Waals surface area contributed by atoms with E-state index >= 15 is 0 Å². The maximum Gasteiger partial charge on any atom is 1.00 e. The summed E-state index contributed by atoms with van der Waals surface area (Å²) < 4.78 is 29.8. The second-order valence-electron chi connectivity index (χ2n) is 2.20. The van der Waals surface area contributed by atoms with E-state index in [1.54, 1.807) is 0 Å². The zero-order valence-corrected chi connectivity index (χ0v) is 10.1. The third-order valence-electron chi connectivity index (χ3n) is 1.34. The van der Waals surface area contributed by atoms with Gasteiger partial charge < -0.3 is 1.43 Å². The zero-order valence-electron chi connectivity index (χ0n) is 8.25. The summed E-state index contributed by atoms with van der Waals surface area (Å²) in [5.74, 6) is 0. The minimum atomic E-state index is -4.52.